The highest BCUT2D eigenvalue weighted by Gasteiger charge is 1.92. The van der Waals surface area contributed by atoms with Crippen molar-refractivity contribution in [3.05, 3.63) is 58.9 Å². The zero-order valence-electron chi connectivity index (χ0n) is 10.8. The predicted molar refractivity (Wildman–Crippen MR) is 79.3 cm³/mol. The first kappa shape index (κ1) is 15.7. The Labute approximate surface area is 121 Å². The Bertz CT molecular complexity index is 550. The number of nitrogen functional groups attached to an aromatic ring is 1. The topological polar surface area (TPSA) is 89.1 Å². The van der Waals surface area contributed by atoms with Gasteiger partial charge in [0.2, 0.25) is 5.95 Å². The number of rotatable bonds is 2. The van der Waals surface area contributed by atoms with Gasteiger partial charge in [0, 0.05) is 11.8 Å². The number of hydrogen-bond acceptors (Lipinski definition) is 4. The molecule has 0 saturated carbocycles. The normalized spacial score (nSPS) is 9.90. The third-order valence-electron chi connectivity index (χ3n) is 2.06. The molecule has 1 heterocycles. The summed E-state index contributed by atoms with van der Waals surface area (Å²) in [6, 6.07) is 11.0. The monoisotopic (exact) mass is 291 g/mol. The molecule has 0 aliphatic carbocycles. The number of carboxylic acids is 1. The molecule has 1 aromatic carbocycles. The number of aryl methyl sites for hydroxylation is 1. The van der Waals surface area contributed by atoms with Gasteiger partial charge in [0.1, 0.15) is 5.15 Å². The first-order valence-corrected chi connectivity index (χ1v) is 6.08. The van der Waals surface area contributed by atoms with E-state index in [0.717, 1.165) is 17.3 Å². The molecular weight excluding hydrogens is 278 g/mol. The van der Waals surface area contributed by atoms with Gasteiger partial charge < -0.3 is 10.8 Å². The van der Waals surface area contributed by atoms with Crippen LogP contribution in [0.4, 0.5) is 5.95 Å². The van der Waals surface area contributed by atoms with Crippen LogP contribution in [-0.4, -0.2) is 21.0 Å². The van der Waals surface area contributed by atoms with E-state index in [0.29, 0.717) is 5.15 Å². The predicted octanol–water partition coefficient (Wildman–Crippen LogP) is 2.81. The van der Waals surface area contributed by atoms with Crippen LogP contribution in [0.5, 0.6) is 0 Å². The highest BCUT2D eigenvalue weighted by Crippen LogP contribution is 2.06. The van der Waals surface area contributed by atoms with Crippen LogP contribution in [0.1, 0.15) is 11.3 Å². The quantitative estimate of drug-likeness (QED) is 0.656. The molecule has 0 radical (unpaired) electrons. The van der Waals surface area contributed by atoms with Crippen LogP contribution in [0.2, 0.25) is 5.15 Å². The minimum absolute atomic E-state index is 0.222. The first-order valence-electron chi connectivity index (χ1n) is 5.70. The second-order valence-corrected chi connectivity index (χ2v) is 4.16. The van der Waals surface area contributed by atoms with Crippen molar-refractivity contribution in [2.45, 2.75) is 6.92 Å². The van der Waals surface area contributed by atoms with Gasteiger partial charge in [-0.25, -0.2) is 14.8 Å². The van der Waals surface area contributed by atoms with Gasteiger partial charge in [-0.3, -0.25) is 0 Å². The third-order valence-corrected chi connectivity index (χ3v) is 2.25. The standard InChI is InChI=1S/C9H8O2.C5H6ClN3/c10-9(11)7-6-8-4-2-1-3-5-8;1-3-2-4(6)9-5(7)8-3/h1-7H,(H,10,11);2H,1H3,(H2,7,8,9)/b7-6+;. The van der Waals surface area contributed by atoms with Crippen molar-refractivity contribution in [2.75, 3.05) is 5.73 Å². The maximum atomic E-state index is 10.1. The largest absolute Gasteiger partial charge is 0.478 e. The molecule has 0 atom stereocenters. The van der Waals surface area contributed by atoms with Gasteiger partial charge in [-0.1, -0.05) is 41.9 Å². The minimum Gasteiger partial charge on any atom is -0.478 e. The molecule has 1 aromatic heterocycles. The lowest BCUT2D eigenvalue weighted by Crippen LogP contribution is -1.95. The van der Waals surface area contributed by atoms with Crippen LogP contribution in [0, 0.1) is 6.92 Å². The van der Waals surface area contributed by atoms with E-state index >= 15 is 0 Å². The Hall–Kier alpha value is -2.40. The Morgan fingerprint density at radius 1 is 1.30 bits per heavy atom. The summed E-state index contributed by atoms with van der Waals surface area (Å²) in [5, 5.41) is 8.68. The van der Waals surface area contributed by atoms with Crippen molar-refractivity contribution >= 4 is 29.6 Å². The summed E-state index contributed by atoms with van der Waals surface area (Å²) in [6.45, 7) is 1.81. The smallest absolute Gasteiger partial charge is 0.328 e. The van der Waals surface area contributed by atoms with Crippen LogP contribution in [-0.2, 0) is 4.79 Å². The third kappa shape index (κ3) is 6.51. The number of aromatic nitrogens is 2. The first-order chi connectivity index (χ1) is 9.47. The molecule has 0 aliphatic rings. The number of hydrogen-bond donors (Lipinski definition) is 2. The van der Waals surface area contributed by atoms with E-state index in [1.165, 1.54) is 0 Å². The number of anilines is 1. The van der Waals surface area contributed by atoms with Gasteiger partial charge in [-0.05, 0) is 24.6 Å². The lowest BCUT2D eigenvalue weighted by Gasteiger charge is -1.93. The highest BCUT2D eigenvalue weighted by atomic mass is 35.5. The molecule has 104 valence electrons. The van der Waals surface area contributed by atoms with E-state index in [1.54, 1.807) is 12.1 Å². The maximum Gasteiger partial charge on any atom is 0.328 e. The minimum atomic E-state index is -0.922. The van der Waals surface area contributed by atoms with Crippen molar-refractivity contribution in [1.82, 2.24) is 9.97 Å². The summed E-state index contributed by atoms with van der Waals surface area (Å²) in [6.07, 6.45) is 2.68. The van der Waals surface area contributed by atoms with Crippen LogP contribution in [0.25, 0.3) is 6.08 Å². The summed E-state index contributed by atoms with van der Waals surface area (Å²) >= 11 is 5.52. The van der Waals surface area contributed by atoms with Crippen molar-refractivity contribution in [3.63, 3.8) is 0 Å². The van der Waals surface area contributed by atoms with Gasteiger partial charge in [0.05, 0.1) is 0 Å². The molecule has 0 spiro atoms. The fourth-order valence-corrected chi connectivity index (χ4v) is 1.53. The number of carboxylic acid groups (broad SMARTS) is 1. The van der Waals surface area contributed by atoms with Gasteiger partial charge in [0.25, 0.3) is 0 Å². The van der Waals surface area contributed by atoms with Crippen LogP contribution in [0.3, 0.4) is 0 Å². The number of nitrogens with zero attached hydrogens (tertiary/aromatic N) is 2. The molecule has 0 amide bonds. The molecule has 0 bridgehead atoms. The van der Waals surface area contributed by atoms with E-state index in [2.05, 4.69) is 9.97 Å². The molecule has 0 saturated heterocycles. The van der Waals surface area contributed by atoms with Gasteiger partial charge in [0.15, 0.2) is 0 Å². The molecule has 6 heteroatoms. The summed E-state index contributed by atoms with van der Waals surface area (Å²) in [7, 11) is 0. The summed E-state index contributed by atoms with van der Waals surface area (Å²) < 4.78 is 0. The summed E-state index contributed by atoms with van der Waals surface area (Å²) in [5.41, 5.74) is 6.94. The summed E-state index contributed by atoms with van der Waals surface area (Å²) in [4.78, 5) is 17.6. The number of carbonyl (C=O) groups is 1. The van der Waals surface area contributed by atoms with E-state index in [-0.39, 0.29) is 5.95 Å². The average Bonchev–Trinajstić information content (AvgIpc) is 2.36. The van der Waals surface area contributed by atoms with E-state index < -0.39 is 5.97 Å². The SMILES string of the molecule is Cc1cc(Cl)nc(N)n1.O=C(O)/C=C/c1ccccc1. The van der Waals surface area contributed by atoms with E-state index in [1.807, 2.05) is 37.3 Å². The molecule has 2 rings (SSSR count). The second-order valence-electron chi connectivity index (χ2n) is 3.77. The lowest BCUT2D eigenvalue weighted by molar-refractivity contribution is -0.131. The number of aliphatic carboxylic acids is 1. The molecule has 2 aromatic rings. The van der Waals surface area contributed by atoms with Gasteiger partial charge >= 0.3 is 5.97 Å². The Kier molecular flexibility index (Phi) is 6.19. The number of halogens is 1. The van der Waals surface area contributed by atoms with Crippen molar-refractivity contribution in [1.29, 1.82) is 0 Å². The Morgan fingerprint density at radius 2 is 1.95 bits per heavy atom. The molecule has 0 unspecified atom stereocenters. The molecule has 3 N–H and O–H groups in total. The lowest BCUT2D eigenvalue weighted by atomic mass is 10.2. The van der Waals surface area contributed by atoms with E-state index in [4.69, 9.17) is 22.4 Å². The van der Waals surface area contributed by atoms with Crippen molar-refractivity contribution < 1.29 is 9.90 Å². The molecule has 0 aliphatic heterocycles. The van der Waals surface area contributed by atoms with Crippen molar-refractivity contribution in [2.24, 2.45) is 0 Å². The van der Waals surface area contributed by atoms with Crippen LogP contribution in [0.15, 0.2) is 42.5 Å². The fraction of sp³-hybridized carbons (Fsp3) is 0.0714. The van der Waals surface area contributed by atoms with Gasteiger partial charge in [-0.2, -0.15) is 0 Å². The maximum absolute atomic E-state index is 10.1. The molecular formula is C14H14ClN3O2. The van der Waals surface area contributed by atoms with Gasteiger partial charge in [-0.15, -0.1) is 0 Å². The highest BCUT2D eigenvalue weighted by molar-refractivity contribution is 6.29. The zero-order chi connectivity index (χ0) is 15.0. The average molecular weight is 292 g/mol. The number of benzene rings is 1. The summed E-state index contributed by atoms with van der Waals surface area (Å²) in [5.74, 6) is -0.700. The Balaban J connectivity index is 0.000000204. The van der Waals surface area contributed by atoms with Crippen LogP contribution >= 0.6 is 11.6 Å². The number of nitrogens with two attached hydrogens (primary N) is 1. The van der Waals surface area contributed by atoms with Crippen molar-refractivity contribution in [3.8, 4) is 0 Å². The zero-order valence-corrected chi connectivity index (χ0v) is 11.6. The molecule has 5 nitrogen and oxygen atoms in total. The Morgan fingerprint density at radius 3 is 2.45 bits per heavy atom. The van der Waals surface area contributed by atoms with E-state index in [9.17, 15) is 4.79 Å². The fourth-order valence-electron chi connectivity index (χ4n) is 1.28. The molecule has 0 fully saturated rings. The molecule has 20 heavy (non-hydrogen) atoms. The second kappa shape index (κ2) is 7.91. The van der Waals surface area contributed by atoms with Crippen LogP contribution < -0.4 is 5.73 Å².